The van der Waals surface area contributed by atoms with Crippen LogP contribution in [-0.4, -0.2) is 18.3 Å². The van der Waals surface area contributed by atoms with Crippen LogP contribution in [0.15, 0.2) is 18.2 Å². The van der Waals surface area contributed by atoms with Crippen molar-refractivity contribution in [3.05, 3.63) is 35.1 Å². The van der Waals surface area contributed by atoms with Crippen LogP contribution in [0, 0.1) is 24.1 Å². The molecule has 4 heteroatoms. The fourth-order valence-electron chi connectivity index (χ4n) is 1.23. The smallest absolute Gasteiger partial charge is 0.171 e. The van der Waals surface area contributed by atoms with E-state index in [1.807, 2.05) is 13.0 Å². The predicted molar refractivity (Wildman–Crippen MR) is 52.5 cm³/mol. The maximum absolute atomic E-state index is 13.3. The number of halogens is 1. The number of benzene rings is 1. The number of aryl methyl sites for hydroxylation is 1. The van der Waals surface area contributed by atoms with Gasteiger partial charge in [-0.2, -0.15) is 5.26 Å². The van der Waals surface area contributed by atoms with E-state index in [1.165, 1.54) is 6.07 Å². The molecule has 1 atom stereocenters. The van der Waals surface area contributed by atoms with Gasteiger partial charge in [-0.15, -0.1) is 0 Å². The Labute approximate surface area is 87.7 Å². The minimum absolute atomic E-state index is 0.0195. The molecule has 0 amide bonds. The van der Waals surface area contributed by atoms with Crippen molar-refractivity contribution >= 4 is 0 Å². The maximum atomic E-state index is 13.3. The largest absolute Gasteiger partial charge is 0.394 e. The van der Waals surface area contributed by atoms with E-state index in [9.17, 15) is 4.39 Å². The fourth-order valence-corrected chi connectivity index (χ4v) is 1.23. The van der Waals surface area contributed by atoms with Gasteiger partial charge in [-0.1, -0.05) is 11.6 Å². The van der Waals surface area contributed by atoms with Gasteiger partial charge in [-0.25, -0.2) is 4.39 Å². The van der Waals surface area contributed by atoms with Crippen LogP contribution in [0.2, 0.25) is 0 Å². The number of hydrogen-bond donors (Lipinski definition) is 1. The second-order valence-corrected chi connectivity index (χ2v) is 3.13. The highest BCUT2D eigenvalue weighted by atomic mass is 19.1. The van der Waals surface area contributed by atoms with Gasteiger partial charge in [0, 0.05) is 5.56 Å². The lowest BCUT2D eigenvalue weighted by molar-refractivity contribution is 0.0563. The summed E-state index contributed by atoms with van der Waals surface area (Å²) in [5, 5.41) is 17.4. The summed E-state index contributed by atoms with van der Waals surface area (Å²) >= 11 is 0. The molecule has 1 aromatic rings. The Balaban J connectivity index is 2.91. The molecule has 1 unspecified atom stereocenters. The zero-order valence-corrected chi connectivity index (χ0v) is 8.40. The summed E-state index contributed by atoms with van der Waals surface area (Å²) in [6.45, 7) is 1.64. The summed E-state index contributed by atoms with van der Waals surface area (Å²) in [5.41, 5.74) is 1.07. The lowest BCUT2D eigenvalue weighted by Gasteiger charge is -2.11. The van der Waals surface area contributed by atoms with Crippen molar-refractivity contribution in [2.45, 2.75) is 13.0 Å². The van der Waals surface area contributed by atoms with Crippen molar-refractivity contribution in [3.8, 4) is 6.07 Å². The summed E-state index contributed by atoms with van der Waals surface area (Å²) in [6, 6.07) is 6.35. The minimum Gasteiger partial charge on any atom is -0.394 e. The fraction of sp³-hybridized carbons (Fsp3) is 0.364. The molecule has 1 rings (SSSR count). The Morgan fingerprint density at radius 1 is 1.60 bits per heavy atom. The normalized spacial score (nSPS) is 12.1. The summed E-state index contributed by atoms with van der Waals surface area (Å²) in [6.07, 6.45) is -0.961. The maximum Gasteiger partial charge on any atom is 0.171 e. The first kappa shape index (κ1) is 11.6. The highest BCUT2D eigenvalue weighted by Gasteiger charge is 2.15. The molecule has 80 valence electrons. The molecule has 1 aromatic carbocycles. The molecule has 0 aliphatic rings. The van der Waals surface area contributed by atoms with E-state index in [0.29, 0.717) is 0 Å². The average molecular weight is 209 g/mol. The lowest BCUT2D eigenvalue weighted by atomic mass is 10.1. The quantitative estimate of drug-likeness (QED) is 0.821. The monoisotopic (exact) mass is 209 g/mol. The van der Waals surface area contributed by atoms with Gasteiger partial charge >= 0.3 is 0 Å². The summed E-state index contributed by atoms with van der Waals surface area (Å²) in [4.78, 5) is 0. The van der Waals surface area contributed by atoms with Crippen molar-refractivity contribution in [2.75, 3.05) is 13.2 Å². The van der Waals surface area contributed by atoms with Gasteiger partial charge in [0.25, 0.3) is 0 Å². The Morgan fingerprint density at radius 2 is 2.33 bits per heavy atom. The SMILES string of the molecule is Cc1ccc(F)c(C(C#N)OCCO)c1. The van der Waals surface area contributed by atoms with E-state index < -0.39 is 11.9 Å². The number of ether oxygens (including phenoxy) is 1. The second kappa shape index (κ2) is 5.44. The Hall–Kier alpha value is -1.44. The van der Waals surface area contributed by atoms with Crippen LogP contribution in [-0.2, 0) is 4.74 Å². The van der Waals surface area contributed by atoms with E-state index in [0.717, 1.165) is 5.56 Å². The van der Waals surface area contributed by atoms with E-state index >= 15 is 0 Å². The van der Waals surface area contributed by atoms with Crippen molar-refractivity contribution < 1.29 is 14.2 Å². The lowest BCUT2D eigenvalue weighted by Crippen LogP contribution is -2.08. The molecule has 0 saturated carbocycles. The van der Waals surface area contributed by atoms with E-state index in [-0.39, 0.29) is 18.8 Å². The van der Waals surface area contributed by atoms with Gasteiger partial charge in [-0.05, 0) is 19.1 Å². The summed E-state index contributed by atoms with van der Waals surface area (Å²) in [5.74, 6) is -0.468. The molecule has 1 N–H and O–H groups in total. The van der Waals surface area contributed by atoms with Crippen LogP contribution in [0.1, 0.15) is 17.2 Å². The number of aliphatic hydroxyl groups excluding tert-OH is 1. The van der Waals surface area contributed by atoms with Gasteiger partial charge in [0.05, 0.1) is 19.3 Å². The van der Waals surface area contributed by atoms with Crippen molar-refractivity contribution in [1.82, 2.24) is 0 Å². The molecule has 0 heterocycles. The number of rotatable bonds is 4. The van der Waals surface area contributed by atoms with Crippen molar-refractivity contribution in [1.29, 1.82) is 5.26 Å². The molecule has 0 spiro atoms. The molecule has 0 radical (unpaired) electrons. The zero-order valence-electron chi connectivity index (χ0n) is 8.40. The summed E-state index contributed by atoms with van der Waals surface area (Å²) in [7, 11) is 0. The van der Waals surface area contributed by atoms with Crippen LogP contribution in [0.4, 0.5) is 4.39 Å². The van der Waals surface area contributed by atoms with E-state index in [2.05, 4.69) is 0 Å². The third kappa shape index (κ3) is 3.01. The predicted octanol–water partition coefficient (Wildman–Crippen LogP) is 1.71. The Bertz CT molecular complexity index is 373. The molecule has 0 aliphatic heterocycles. The Morgan fingerprint density at radius 3 is 2.93 bits per heavy atom. The molecule has 3 nitrogen and oxygen atoms in total. The topological polar surface area (TPSA) is 53.2 Å². The first-order chi connectivity index (χ1) is 7.19. The Kier molecular flexibility index (Phi) is 4.22. The van der Waals surface area contributed by atoms with E-state index in [4.69, 9.17) is 15.1 Å². The molecule has 0 fully saturated rings. The van der Waals surface area contributed by atoms with Crippen LogP contribution >= 0.6 is 0 Å². The van der Waals surface area contributed by atoms with Crippen molar-refractivity contribution in [3.63, 3.8) is 0 Å². The van der Waals surface area contributed by atoms with Gasteiger partial charge in [0.2, 0.25) is 0 Å². The van der Waals surface area contributed by atoms with Crippen molar-refractivity contribution in [2.24, 2.45) is 0 Å². The summed E-state index contributed by atoms with van der Waals surface area (Å²) < 4.78 is 18.4. The number of hydrogen-bond acceptors (Lipinski definition) is 3. The standard InChI is InChI=1S/C11H12FNO2/c1-8-2-3-10(12)9(6-8)11(7-13)15-5-4-14/h2-3,6,11,14H,4-5H2,1H3. The van der Waals surface area contributed by atoms with Gasteiger partial charge < -0.3 is 9.84 Å². The van der Waals surface area contributed by atoms with Gasteiger partial charge in [-0.3, -0.25) is 0 Å². The van der Waals surface area contributed by atoms with Crippen LogP contribution in [0.25, 0.3) is 0 Å². The number of aliphatic hydroxyl groups is 1. The molecule has 0 aromatic heterocycles. The molecular formula is C11H12FNO2. The van der Waals surface area contributed by atoms with Crippen LogP contribution < -0.4 is 0 Å². The first-order valence-electron chi connectivity index (χ1n) is 4.57. The molecule has 15 heavy (non-hydrogen) atoms. The van der Waals surface area contributed by atoms with Crippen LogP contribution in [0.5, 0.6) is 0 Å². The van der Waals surface area contributed by atoms with Crippen LogP contribution in [0.3, 0.4) is 0 Å². The number of nitrogens with zero attached hydrogens (tertiary/aromatic N) is 1. The first-order valence-corrected chi connectivity index (χ1v) is 4.57. The highest BCUT2D eigenvalue weighted by molar-refractivity contribution is 5.28. The molecule has 0 bridgehead atoms. The third-order valence-corrected chi connectivity index (χ3v) is 1.93. The number of nitriles is 1. The average Bonchev–Trinajstić information content (AvgIpc) is 2.24. The second-order valence-electron chi connectivity index (χ2n) is 3.13. The highest BCUT2D eigenvalue weighted by Crippen LogP contribution is 2.21. The molecular weight excluding hydrogens is 197 g/mol. The van der Waals surface area contributed by atoms with E-state index in [1.54, 1.807) is 12.1 Å². The third-order valence-electron chi connectivity index (χ3n) is 1.93. The van der Waals surface area contributed by atoms with Gasteiger partial charge in [0.15, 0.2) is 6.10 Å². The minimum atomic E-state index is -0.961. The van der Waals surface area contributed by atoms with Gasteiger partial charge in [0.1, 0.15) is 5.82 Å². The zero-order chi connectivity index (χ0) is 11.3. The molecule has 0 saturated heterocycles. The molecule has 0 aliphatic carbocycles.